The Kier molecular flexibility index (Phi) is 5.28. The molecule has 0 bridgehead atoms. The number of H-pyrrole nitrogens is 1. The predicted molar refractivity (Wildman–Crippen MR) is 120 cm³/mol. The molecule has 5 rings (SSSR count). The quantitative estimate of drug-likeness (QED) is 0.483. The third kappa shape index (κ3) is 4.04. The van der Waals surface area contributed by atoms with Gasteiger partial charge in [-0.05, 0) is 31.5 Å². The van der Waals surface area contributed by atoms with E-state index in [1.807, 2.05) is 18.9 Å². The minimum Gasteiger partial charge on any atom is -0.360 e. The summed E-state index contributed by atoms with van der Waals surface area (Å²) in [5.41, 5.74) is 1.15. The summed E-state index contributed by atoms with van der Waals surface area (Å²) >= 11 is 0. The number of likely N-dealkylation sites (N-methyl/N-ethyl adjacent to an activating group) is 1. The number of aromatic nitrogens is 5. The van der Waals surface area contributed by atoms with E-state index in [0.29, 0.717) is 47.0 Å². The smallest absolute Gasteiger partial charge is 0.360 e. The Hall–Kier alpha value is -3.47. The van der Waals surface area contributed by atoms with E-state index in [4.69, 9.17) is 4.98 Å². The molecule has 0 amide bonds. The average molecular weight is 456 g/mol. The van der Waals surface area contributed by atoms with Crippen molar-refractivity contribution in [3.63, 3.8) is 0 Å². The van der Waals surface area contributed by atoms with E-state index in [1.54, 1.807) is 12.1 Å². The Balaban J connectivity index is 1.60. The molecular weight excluding hydrogens is 433 g/mol. The number of nitrogens with one attached hydrogen (secondary N) is 2. The SMILES string of the molecule is CC(Nc1ncnc2nc[nH]c12)c1cc2cccc(C(F)(F)F)c2c(N2CCN(C)CC2)n1. The van der Waals surface area contributed by atoms with E-state index >= 15 is 0 Å². The number of anilines is 2. The van der Waals surface area contributed by atoms with Crippen LogP contribution in [0.2, 0.25) is 0 Å². The van der Waals surface area contributed by atoms with E-state index < -0.39 is 11.7 Å². The van der Waals surface area contributed by atoms with Gasteiger partial charge in [0.05, 0.1) is 23.6 Å². The molecule has 4 aromatic rings. The first-order chi connectivity index (χ1) is 15.8. The summed E-state index contributed by atoms with van der Waals surface area (Å²) in [6.45, 7) is 4.63. The molecule has 1 aliphatic rings. The second-order valence-electron chi connectivity index (χ2n) is 8.25. The fourth-order valence-electron chi connectivity index (χ4n) is 4.17. The summed E-state index contributed by atoms with van der Waals surface area (Å²) in [6, 6.07) is 5.67. The van der Waals surface area contributed by atoms with Gasteiger partial charge in [0.15, 0.2) is 11.5 Å². The molecule has 8 nitrogen and oxygen atoms in total. The Morgan fingerprint density at radius 2 is 1.88 bits per heavy atom. The molecule has 0 spiro atoms. The summed E-state index contributed by atoms with van der Waals surface area (Å²) in [5, 5.41) is 3.95. The molecule has 4 heterocycles. The highest BCUT2D eigenvalue weighted by Crippen LogP contribution is 2.40. The fourth-order valence-corrected chi connectivity index (χ4v) is 4.17. The molecule has 11 heteroatoms. The van der Waals surface area contributed by atoms with Crippen molar-refractivity contribution in [2.75, 3.05) is 43.4 Å². The molecule has 0 radical (unpaired) electrons. The number of aromatic amines is 1. The van der Waals surface area contributed by atoms with Crippen molar-refractivity contribution >= 4 is 33.6 Å². The van der Waals surface area contributed by atoms with Crippen molar-refractivity contribution in [3.8, 4) is 0 Å². The van der Waals surface area contributed by atoms with Gasteiger partial charge in [-0.2, -0.15) is 13.2 Å². The molecule has 1 fully saturated rings. The van der Waals surface area contributed by atoms with Crippen molar-refractivity contribution in [1.29, 1.82) is 0 Å². The van der Waals surface area contributed by atoms with Crippen LogP contribution in [0.1, 0.15) is 24.2 Å². The predicted octanol–water partition coefficient (Wildman–Crippen LogP) is 3.84. The summed E-state index contributed by atoms with van der Waals surface area (Å²) in [7, 11) is 2.00. The maximum Gasteiger partial charge on any atom is 0.417 e. The number of nitrogens with zero attached hydrogens (tertiary/aromatic N) is 6. The zero-order valence-corrected chi connectivity index (χ0v) is 18.2. The summed E-state index contributed by atoms with van der Waals surface area (Å²) in [6.07, 6.45) is -1.52. The molecule has 1 aliphatic heterocycles. The normalized spacial score (nSPS) is 16.5. The zero-order chi connectivity index (χ0) is 23.2. The Morgan fingerprint density at radius 3 is 2.64 bits per heavy atom. The van der Waals surface area contributed by atoms with Gasteiger partial charge in [-0.3, -0.25) is 0 Å². The number of benzene rings is 1. The first-order valence-corrected chi connectivity index (χ1v) is 10.7. The topological polar surface area (TPSA) is 85.9 Å². The molecule has 0 saturated carbocycles. The maximum absolute atomic E-state index is 13.9. The minimum atomic E-state index is -4.47. The number of fused-ring (bicyclic) bond motifs is 2. The summed E-state index contributed by atoms with van der Waals surface area (Å²) < 4.78 is 41.7. The van der Waals surface area contributed by atoms with Gasteiger partial charge in [0.2, 0.25) is 0 Å². The minimum absolute atomic E-state index is 0.142. The van der Waals surface area contributed by atoms with Gasteiger partial charge in [-0.25, -0.2) is 19.9 Å². The fraction of sp³-hybridized carbons (Fsp3) is 0.364. The first kappa shape index (κ1) is 21.4. The first-order valence-electron chi connectivity index (χ1n) is 10.7. The van der Waals surface area contributed by atoms with E-state index in [0.717, 1.165) is 19.2 Å². The van der Waals surface area contributed by atoms with Crippen LogP contribution in [0.5, 0.6) is 0 Å². The van der Waals surface area contributed by atoms with Gasteiger partial charge >= 0.3 is 6.18 Å². The lowest BCUT2D eigenvalue weighted by molar-refractivity contribution is -0.136. The Morgan fingerprint density at radius 1 is 1.09 bits per heavy atom. The second kappa shape index (κ2) is 8.14. The summed E-state index contributed by atoms with van der Waals surface area (Å²) in [5.74, 6) is 0.920. The largest absolute Gasteiger partial charge is 0.417 e. The monoisotopic (exact) mass is 456 g/mol. The van der Waals surface area contributed by atoms with Gasteiger partial charge in [-0.15, -0.1) is 0 Å². The number of alkyl halides is 3. The summed E-state index contributed by atoms with van der Waals surface area (Å²) in [4.78, 5) is 24.4. The van der Waals surface area contributed by atoms with Crippen LogP contribution in [-0.2, 0) is 6.18 Å². The van der Waals surface area contributed by atoms with Gasteiger partial charge in [0.1, 0.15) is 17.7 Å². The second-order valence-corrected chi connectivity index (χ2v) is 8.25. The van der Waals surface area contributed by atoms with Gasteiger partial charge in [-0.1, -0.05) is 12.1 Å². The molecule has 1 saturated heterocycles. The maximum atomic E-state index is 13.9. The van der Waals surface area contributed by atoms with Crippen LogP contribution in [0.15, 0.2) is 36.9 Å². The number of piperazine rings is 1. The van der Waals surface area contributed by atoms with Crippen molar-refractivity contribution in [1.82, 2.24) is 29.8 Å². The number of rotatable bonds is 4. The third-order valence-electron chi connectivity index (χ3n) is 5.99. The van der Waals surface area contributed by atoms with Crippen LogP contribution in [-0.4, -0.2) is 63.0 Å². The molecule has 1 unspecified atom stereocenters. The van der Waals surface area contributed by atoms with Crippen LogP contribution in [0.4, 0.5) is 24.8 Å². The Labute approximate surface area is 187 Å². The number of imidazole rings is 1. The highest BCUT2D eigenvalue weighted by Gasteiger charge is 2.35. The van der Waals surface area contributed by atoms with Gasteiger partial charge in [0.25, 0.3) is 0 Å². The van der Waals surface area contributed by atoms with Crippen molar-refractivity contribution in [3.05, 3.63) is 48.2 Å². The highest BCUT2D eigenvalue weighted by molar-refractivity contribution is 5.96. The number of halogens is 3. The van der Waals surface area contributed by atoms with Crippen molar-refractivity contribution in [2.45, 2.75) is 19.1 Å². The lowest BCUT2D eigenvalue weighted by Crippen LogP contribution is -2.45. The molecule has 1 aromatic carbocycles. The van der Waals surface area contributed by atoms with Gasteiger partial charge < -0.3 is 20.1 Å². The molecule has 3 aromatic heterocycles. The highest BCUT2D eigenvalue weighted by atomic mass is 19.4. The van der Waals surface area contributed by atoms with E-state index in [2.05, 4.69) is 30.2 Å². The van der Waals surface area contributed by atoms with Crippen molar-refractivity contribution in [2.24, 2.45) is 0 Å². The Bertz CT molecular complexity index is 1290. The molecule has 172 valence electrons. The number of hydrogen-bond donors (Lipinski definition) is 2. The van der Waals surface area contributed by atoms with Crippen LogP contribution in [0.25, 0.3) is 21.9 Å². The van der Waals surface area contributed by atoms with E-state index in [1.165, 1.54) is 18.7 Å². The van der Waals surface area contributed by atoms with Crippen LogP contribution in [0.3, 0.4) is 0 Å². The van der Waals surface area contributed by atoms with Gasteiger partial charge in [0, 0.05) is 31.6 Å². The third-order valence-corrected chi connectivity index (χ3v) is 5.99. The standard InChI is InChI=1S/C22H23F3N8/c1-13(30-20-18-19(27-11-26-18)28-12-29-20)16-10-14-4-3-5-15(22(23,24)25)17(14)21(31-16)33-8-6-32(2)7-9-33/h3-5,10-13H,6-9H2,1-2H3,(H2,26,27,28,29,30). The molecule has 0 aliphatic carbocycles. The molecule has 2 N–H and O–H groups in total. The lowest BCUT2D eigenvalue weighted by atomic mass is 10.0. The molecular formula is C22H23F3N8. The van der Waals surface area contributed by atoms with E-state index in [9.17, 15) is 13.2 Å². The van der Waals surface area contributed by atoms with Crippen LogP contribution >= 0.6 is 0 Å². The zero-order valence-electron chi connectivity index (χ0n) is 18.2. The number of pyridine rings is 1. The van der Waals surface area contributed by atoms with Crippen LogP contribution < -0.4 is 10.2 Å². The number of hydrogen-bond acceptors (Lipinski definition) is 7. The van der Waals surface area contributed by atoms with Crippen LogP contribution in [0, 0.1) is 0 Å². The molecule has 1 atom stereocenters. The lowest BCUT2D eigenvalue weighted by Gasteiger charge is -2.34. The molecule has 33 heavy (non-hydrogen) atoms. The average Bonchev–Trinajstić information content (AvgIpc) is 3.28. The van der Waals surface area contributed by atoms with Crippen molar-refractivity contribution < 1.29 is 13.2 Å². The van der Waals surface area contributed by atoms with E-state index in [-0.39, 0.29) is 11.4 Å².